The summed E-state index contributed by atoms with van der Waals surface area (Å²) in [6.45, 7) is 2.19. The molecule has 0 spiro atoms. The molecule has 0 saturated heterocycles. The van der Waals surface area contributed by atoms with Crippen molar-refractivity contribution < 1.29 is 9.13 Å². The van der Waals surface area contributed by atoms with E-state index in [1.807, 2.05) is 0 Å². The third-order valence-corrected chi connectivity index (χ3v) is 3.95. The summed E-state index contributed by atoms with van der Waals surface area (Å²) in [6.07, 6.45) is 7.23. The Morgan fingerprint density at radius 1 is 1.44 bits per heavy atom. The van der Waals surface area contributed by atoms with Gasteiger partial charge in [-0.25, -0.2) is 9.37 Å². The highest BCUT2D eigenvalue weighted by Gasteiger charge is 2.26. The van der Waals surface area contributed by atoms with E-state index in [2.05, 4.69) is 11.9 Å². The van der Waals surface area contributed by atoms with Crippen molar-refractivity contribution in [2.24, 2.45) is 5.92 Å². The van der Waals surface area contributed by atoms with Gasteiger partial charge < -0.3 is 4.74 Å². The molecule has 2 unspecified atom stereocenters. The number of hydrogen-bond donors (Lipinski definition) is 0. The minimum absolute atomic E-state index is 0.198. The third kappa shape index (κ3) is 3.14. The molecule has 1 fully saturated rings. The van der Waals surface area contributed by atoms with E-state index in [9.17, 15) is 4.39 Å². The van der Waals surface area contributed by atoms with E-state index >= 15 is 0 Å². The van der Waals surface area contributed by atoms with Crippen LogP contribution in [0.4, 0.5) is 4.39 Å². The fraction of sp³-hybridized carbons (Fsp3) is 0.643. The van der Waals surface area contributed by atoms with Gasteiger partial charge in [0.15, 0.2) is 0 Å². The fourth-order valence-corrected chi connectivity index (χ4v) is 2.80. The minimum atomic E-state index is -0.367. The molecule has 0 amide bonds. The first-order chi connectivity index (χ1) is 8.74. The Labute approximate surface area is 113 Å². The number of hydrogen-bond acceptors (Lipinski definition) is 2. The highest BCUT2D eigenvalue weighted by atomic mass is 35.5. The van der Waals surface area contributed by atoms with Gasteiger partial charge in [-0.2, -0.15) is 0 Å². The van der Waals surface area contributed by atoms with Gasteiger partial charge in [-0.1, -0.05) is 13.3 Å². The molecule has 1 aromatic heterocycles. The van der Waals surface area contributed by atoms with E-state index < -0.39 is 0 Å². The molecule has 1 aliphatic carbocycles. The number of nitrogens with zero attached hydrogens (tertiary/aromatic N) is 1. The molecule has 2 nitrogen and oxygen atoms in total. The Balaban J connectivity index is 2.12. The van der Waals surface area contributed by atoms with Gasteiger partial charge in [-0.05, 0) is 37.7 Å². The van der Waals surface area contributed by atoms with Gasteiger partial charge in [-0.3, -0.25) is 0 Å². The van der Waals surface area contributed by atoms with Crippen LogP contribution in [0.2, 0.25) is 0 Å². The summed E-state index contributed by atoms with van der Waals surface area (Å²) in [6, 6.07) is 1.40. The number of ether oxygens (including phenoxy) is 1. The molecule has 2 rings (SSSR count). The zero-order chi connectivity index (χ0) is 13.0. The Morgan fingerprint density at radius 3 is 2.94 bits per heavy atom. The van der Waals surface area contributed by atoms with Crippen LogP contribution < -0.4 is 4.74 Å². The third-order valence-electron chi connectivity index (χ3n) is 3.66. The smallest absolute Gasteiger partial charge is 0.218 e. The molecule has 1 saturated carbocycles. The first-order valence-corrected chi connectivity index (χ1v) is 7.15. The lowest BCUT2D eigenvalue weighted by Crippen LogP contribution is -2.30. The maximum absolute atomic E-state index is 13.1. The topological polar surface area (TPSA) is 22.1 Å². The Kier molecular flexibility index (Phi) is 4.81. The lowest BCUT2D eigenvalue weighted by molar-refractivity contribution is 0.0848. The van der Waals surface area contributed by atoms with Crippen molar-refractivity contribution in [1.82, 2.24) is 4.98 Å². The molecular formula is C14H19ClFNO. The number of rotatable bonds is 4. The van der Waals surface area contributed by atoms with Crippen LogP contribution in [-0.4, -0.2) is 11.1 Å². The standard InChI is InChI=1S/C14H19ClFNO/c1-2-10-5-3-4-6-13(10)18-14-11(8-15)7-12(16)9-17-14/h7,9-10,13H,2-6,8H2,1H3. The maximum atomic E-state index is 13.1. The Bertz CT molecular complexity index is 399. The van der Waals surface area contributed by atoms with E-state index in [4.69, 9.17) is 16.3 Å². The molecule has 1 aliphatic rings. The molecule has 1 aromatic rings. The summed E-state index contributed by atoms with van der Waals surface area (Å²) < 4.78 is 19.1. The van der Waals surface area contributed by atoms with Gasteiger partial charge in [0.2, 0.25) is 5.88 Å². The zero-order valence-corrected chi connectivity index (χ0v) is 11.4. The van der Waals surface area contributed by atoms with E-state index in [-0.39, 0.29) is 17.8 Å². The molecule has 0 bridgehead atoms. The van der Waals surface area contributed by atoms with E-state index in [0.29, 0.717) is 17.4 Å². The first kappa shape index (κ1) is 13.6. The summed E-state index contributed by atoms with van der Waals surface area (Å²) in [5, 5.41) is 0. The van der Waals surface area contributed by atoms with Crippen LogP contribution in [0, 0.1) is 11.7 Å². The molecule has 0 aromatic carbocycles. The molecular weight excluding hydrogens is 253 g/mol. The highest BCUT2D eigenvalue weighted by molar-refractivity contribution is 6.17. The summed E-state index contributed by atoms with van der Waals surface area (Å²) in [4.78, 5) is 4.03. The van der Waals surface area contributed by atoms with Crippen molar-refractivity contribution in [3.05, 3.63) is 23.6 Å². The normalized spacial score (nSPS) is 23.9. The van der Waals surface area contributed by atoms with Crippen LogP contribution >= 0.6 is 11.6 Å². The van der Waals surface area contributed by atoms with Crippen LogP contribution in [0.5, 0.6) is 5.88 Å². The van der Waals surface area contributed by atoms with Crippen LogP contribution in [0.1, 0.15) is 44.6 Å². The zero-order valence-electron chi connectivity index (χ0n) is 10.7. The first-order valence-electron chi connectivity index (χ1n) is 6.61. The van der Waals surface area contributed by atoms with E-state index in [1.165, 1.54) is 31.5 Å². The van der Waals surface area contributed by atoms with Crippen molar-refractivity contribution in [2.45, 2.75) is 51.0 Å². The van der Waals surface area contributed by atoms with Gasteiger partial charge in [0.05, 0.1) is 12.1 Å². The summed E-state index contributed by atoms with van der Waals surface area (Å²) in [5.74, 6) is 0.933. The molecule has 0 aliphatic heterocycles. The van der Waals surface area contributed by atoms with Gasteiger partial charge in [0.1, 0.15) is 11.9 Å². The monoisotopic (exact) mass is 271 g/mol. The molecule has 2 atom stereocenters. The number of alkyl halides is 1. The van der Waals surface area contributed by atoms with Crippen LogP contribution in [0.3, 0.4) is 0 Å². The predicted molar refractivity (Wildman–Crippen MR) is 70.4 cm³/mol. The fourth-order valence-electron chi connectivity index (χ4n) is 2.61. The van der Waals surface area contributed by atoms with Crippen molar-refractivity contribution in [3.63, 3.8) is 0 Å². The molecule has 0 N–H and O–H groups in total. The van der Waals surface area contributed by atoms with Gasteiger partial charge >= 0.3 is 0 Å². The molecule has 100 valence electrons. The number of halogens is 2. The second kappa shape index (κ2) is 6.37. The summed E-state index contributed by atoms with van der Waals surface area (Å²) in [7, 11) is 0. The largest absolute Gasteiger partial charge is 0.474 e. The second-order valence-electron chi connectivity index (χ2n) is 4.86. The number of aromatic nitrogens is 1. The molecule has 0 radical (unpaired) electrons. The molecule has 4 heteroatoms. The second-order valence-corrected chi connectivity index (χ2v) is 5.13. The summed E-state index contributed by atoms with van der Waals surface area (Å²) >= 11 is 5.81. The van der Waals surface area contributed by atoms with E-state index in [0.717, 1.165) is 12.8 Å². The van der Waals surface area contributed by atoms with Crippen molar-refractivity contribution in [1.29, 1.82) is 0 Å². The maximum Gasteiger partial charge on any atom is 0.218 e. The Morgan fingerprint density at radius 2 is 2.22 bits per heavy atom. The van der Waals surface area contributed by atoms with Crippen LogP contribution in [-0.2, 0) is 5.88 Å². The lowest BCUT2D eigenvalue weighted by atomic mass is 9.85. The van der Waals surface area contributed by atoms with Crippen molar-refractivity contribution >= 4 is 11.6 Å². The van der Waals surface area contributed by atoms with Crippen molar-refractivity contribution in [2.75, 3.05) is 0 Å². The van der Waals surface area contributed by atoms with Gasteiger partial charge in [-0.15, -0.1) is 11.6 Å². The van der Waals surface area contributed by atoms with Gasteiger partial charge in [0.25, 0.3) is 0 Å². The lowest BCUT2D eigenvalue weighted by Gasteiger charge is -2.31. The Hall–Kier alpha value is -0.830. The average Bonchev–Trinajstić information content (AvgIpc) is 2.41. The highest BCUT2D eigenvalue weighted by Crippen LogP contribution is 2.31. The van der Waals surface area contributed by atoms with E-state index in [1.54, 1.807) is 0 Å². The van der Waals surface area contributed by atoms with Crippen molar-refractivity contribution in [3.8, 4) is 5.88 Å². The number of pyridine rings is 1. The molecule has 18 heavy (non-hydrogen) atoms. The molecule has 1 heterocycles. The summed E-state index contributed by atoms with van der Waals surface area (Å²) in [5.41, 5.74) is 0.636. The quantitative estimate of drug-likeness (QED) is 0.762. The average molecular weight is 272 g/mol. The van der Waals surface area contributed by atoms with Crippen LogP contribution in [0.25, 0.3) is 0 Å². The SMILES string of the molecule is CCC1CCCCC1Oc1ncc(F)cc1CCl. The minimum Gasteiger partial charge on any atom is -0.474 e. The van der Waals surface area contributed by atoms with Gasteiger partial charge in [0, 0.05) is 5.56 Å². The predicted octanol–water partition coefficient (Wildman–Crippen LogP) is 4.31. The van der Waals surface area contributed by atoms with Crippen LogP contribution in [0.15, 0.2) is 12.3 Å².